The maximum atomic E-state index is 12.3. The molecule has 0 saturated heterocycles. The van der Waals surface area contributed by atoms with Gasteiger partial charge in [0.1, 0.15) is 0 Å². The summed E-state index contributed by atoms with van der Waals surface area (Å²) in [7, 11) is 1.65. The fourth-order valence-corrected chi connectivity index (χ4v) is 2.05. The van der Waals surface area contributed by atoms with E-state index in [-0.39, 0.29) is 11.8 Å². The first-order valence-electron chi connectivity index (χ1n) is 6.54. The molecular formula is C13H26ClNO2. The summed E-state index contributed by atoms with van der Waals surface area (Å²) < 4.78 is 5.03. The summed E-state index contributed by atoms with van der Waals surface area (Å²) >= 11 is 5.74. The summed E-state index contributed by atoms with van der Waals surface area (Å²) in [6.45, 7) is 6.07. The second-order valence-electron chi connectivity index (χ2n) is 4.25. The first kappa shape index (κ1) is 16.7. The lowest BCUT2D eigenvalue weighted by Crippen LogP contribution is -2.39. The van der Waals surface area contributed by atoms with Gasteiger partial charge in [-0.2, -0.15) is 0 Å². The Morgan fingerprint density at radius 2 is 2.06 bits per heavy atom. The number of carbonyl (C=O) groups excluding carboxylic acids is 1. The van der Waals surface area contributed by atoms with Crippen LogP contribution in [0.2, 0.25) is 0 Å². The van der Waals surface area contributed by atoms with E-state index < -0.39 is 0 Å². The Kier molecular flexibility index (Phi) is 10.7. The molecule has 0 aliphatic rings. The maximum Gasteiger partial charge on any atom is 0.225 e. The van der Waals surface area contributed by atoms with Crippen LogP contribution >= 0.6 is 11.6 Å². The molecule has 0 aromatic heterocycles. The smallest absolute Gasteiger partial charge is 0.225 e. The number of alkyl halides is 1. The van der Waals surface area contributed by atoms with Crippen LogP contribution in [-0.2, 0) is 9.53 Å². The lowest BCUT2D eigenvalue weighted by atomic mass is 9.98. The molecule has 0 saturated carbocycles. The number of halogens is 1. The van der Waals surface area contributed by atoms with E-state index in [0.717, 1.165) is 25.7 Å². The molecule has 102 valence electrons. The van der Waals surface area contributed by atoms with Crippen LogP contribution in [-0.4, -0.2) is 43.5 Å². The highest BCUT2D eigenvalue weighted by atomic mass is 35.5. The minimum atomic E-state index is 0.148. The van der Waals surface area contributed by atoms with E-state index in [1.165, 1.54) is 0 Å². The van der Waals surface area contributed by atoms with Crippen LogP contribution in [0.5, 0.6) is 0 Å². The van der Waals surface area contributed by atoms with Gasteiger partial charge in [0, 0.05) is 32.0 Å². The minimum absolute atomic E-state index is 0.148. The molecule has 0 aromatic carbocycles. The van der Waals surface area contributed by atoms with Crippen LogP contribution in [0, 0.1) is 5.92 Å². The first-order chi connectivity index (χ1) is 8.21. The monoisotopic (exact) mass is 263 g/mol. The van der Waals surface area contributed by atoms with Crippen molar-refractivity contribution in [2.75, 3.05) is 32.7 Å². The number of ether oxygens (including phenoxy) is 1. The van der Waals surface area contributed by atoms with Crippen molar-refractivity contribution in [1.82, 2.24) is 4.90 Å². The minimum Gasteiger partial charge on any atom is -0.383 e. The summed E-state index contributed by atoms with van der Waals surface area (Å²) in [4.78, 5) is 14.1. The second kappa shape index (κ2) is 10.8. The van der Waals surface area contributed by atoms with Gasteiger partial charge in [0.05, 0.1) is 6.61 Å². The lowest BCUT2D eigenvalue weighted by Gasteiger charge is -2.26. The van der Waals surface area contributed by atoms with E-state index in [1.54, 1.807) is 7.11 Å². The quantitative estimate of drug-likeness (QED) is 0.567. The van der Waals surface area contributed by atoms with Gasteiger partial charge in [-0.1, -0.05) is 26.7 Å². The van der Waals surface area contributed by atoms with Crippen molar-refractivity contribution in [3.8, 4) is 0 Å². The molecule has 0 N–H and O–H groups in total. The third-order valence-electron chi connectivity index (χ3n) is 2.98. The van der Waals surface area contributed by atoms with Gasteiger partial charge in [-0.25, -0.2) is 0 Å². The Morgan fingerprint density at radius 3 is 2.53 bits per heavy atom. The molecule has 0 spiro atoms. The summed E-state index contributed by atoms with van der Waals surface area (Å²) in [5.74, 6) is 0.869. The molecule has 17 heavy (non-hydrogen) atoms. The van der Waals surface area contributed by atoms with E-state index >= 15 is 0 Å². The molecule has 0 aliphatic heterocycles. The Balaban J connectivity index is 4.32. The molecule has 0 rings (SSSR count). The molecule has 0 aliphatic carbocycles. The lowest BCUT2D eigenvalue weighted by molar-refractivity contribution is -0.136. The number of rotatable bonds is 10. The standard InChI is InChI=1S/C13H26ClNO2/c1-4-6-7-12(5-2)13(16)15(9-8-14)10-11-17-3/h12H,4-11H2,1-3H3. The Bertz CT molecular complexity index is 200. The van der Waals surface area contributed by atoms with Crippen molar-refractivity contribution in [3.05, 3.63) is 0 Å². The van der Waals surface area contributed by atoms with Crippen molar-refractivity contribution in [2.45, 2.75) is 39.5 Å². The molecular weight excluding hydrogens is 238 g/mol. The van der Waals surface area contributed by atoms with E-state index in [2.05, 4.69) is 13.8 Å². The molecule has 1 atom stereocenters. The van der Waals surface area contributed by atoms with Crippen molar-refractivity contribution < 1.29 is 9.53 Å². The zero-order valence-corrected chi connectivity index (χ0v) is 12.1. The molecule has 1 unspecified atom stereocenters. The summed E-state index contributed by atoms with van der Waals surface area (Å²) in [5, 5.41) is 0. The third kappa shape index (κ3) is 6.89. The predicted octanol–water partition coefficient (Wildman–Crippen LogP) is 2.92. The molecule has 0 radical (unpaired) electrons. The van der Waals surface area contributed by atoms with Crippen LogP contribution in [0.25, 0.3) is 0 Å². The Hall–Kier alpha value is -0.280. The van der Waals surface area contributed by atoms with Crippen LogP contribution in [0.4, 0.5) is 0 Å². The normalized spacial score (nSPS) is 12.5. The topological polar surface area (TPSA) is 29.5 Å². The highest BCUT2D eigenvalue weighted by Gasteiger charge is 2.21. The largest absolute Gasteiger partial charge is 0.383 e. The van der Waals surface area contributed by atoms with Gasteiger partial charge < -0.3 is 9.64 Å². The number of hydrogen-bond donors (Lipinski definition) is 0. The number of carbonyl (C=O) groups is 1. The van der Waals surface area contributed by atoms with Crippen molar-refractivity contribution >= 4 is 17.5 Å². The van der Waals surface area contributed by atoms with Gasteiger partial charge in [-0.15, -0.1) is 11.6 Å². The predicted molar refractivity (Wildman–Crippen MR) is 72.5 cm³/mol. The molecule has 0 bridgehead atoms. The molecule has 0 aromatic rings. The van der Waals surface area contributed by atoms with E-state index in [9.17, 15) is 4.79 Å². The van der Waals surface area contributed by atoms with Gasteiger partial charge in [0.2, 0.25) is 5.91 Å². The van der Waals surface area contributed by atoms with Crippen LogP contribution in [0.1, 0.15) is 39.5 Å². The number of unbranched alkanes of at least 4 members (excludes halogenated alkanes) is 1. The summed E-state index contributed by atoms with van der Waals surface area (Å²) in [6.07, 6.45) is 4.14. The number of hydrogen-bond acceptors (Lipinski definition) is 2. The van der Waals surface area contributed by atoms with E-state index in [1.807, 2.05) is 4.90 Å². The zero-order valence-electron chi connectivity index (χ0n) is 11.4. The van der Waals surface area contributed by atoms with Gasteiger partial charge in [-0.05, 0) is 12.8 Å². The van der Waals surface area contributed by atoms with E-state index in [4.69, 9.17) is 16.3 Å². The van der Waals surface area contributed by atoms with E-state index in [0.29, 0.717) is 25.6 Å². The van der Waals surface area contributed by atoms with Gasteiger partial charge in [0.15, 0.2) is 0 Å². The van der Waals surface area contributed by atoms with Gasteiger partial charge >= 0.3 is 0 Å². The maximum absolute atomic E-state index is 12.3. The van der Waals surface area contributed by atoms with Crippen molar-refractivity contribution in [2.24, 2.45) is 5.92 Å². The fraction of sp³-hybridized carbons (Fsp3) is 0.923. The van der Waals surface area contributed by atoms with Crippen LogP contribution < -0.4 is 0 Å². The fourth-order valence-electron chi connectivity index (χ4n) is 1.85. The number of nitrogens with zero attached hydrogens (tertiary/aromatic N) is 1. The molecule has 0 fully saturated rings. The average molecular weight is 264 g/mol. The molecule has 3 nitrogen and oxygen atoms in total. The van der Waals surface area contributed by atoms with Crippen LogP contribution in [0.3, 0.4) is 0 Å². The highest BCUT2D eigenvalue weighted by Crippen LogP contribution is 2.16. The molecule has 0 heterocycles. The van der Waals surface area contributed by atoms with Gasteiger partial charge in [0.25, 0.3) is 0 Å². The summed E-state index contributed by atoms with van der Waals surface area (Å²) in [6, 6.07) is 0. The SMILES string of the molecule is CCCCC(CC)C(=O)N(CCCl)CCOC. The number of methoxy groups -OCH3 is 1. The molecule has 4 heteroatoms. The highest BCUT2D eigenvalue weighted by molar-refractivity contribution is 6.18. The van der Waals surface area contributed by atoms with Crippen molar-refractivity contribution in [3.63, 3.8) is 0 Å². The van der Waals surface area contributed by atoms with Crippen LogP contribution in [0.15, 0.2) is 0 Å². The zero-order chi connectivity index (χ0) is 13.1. The van der Waals surface area contributed by atoms with Gasteiger partial charge in [-0.3, -0.25) is 4.79 Å². The number of amides is 1. The molecule has 1 amide bonds. The summed E-state index contributed by atoms with van der Waals surface area (Å²) in [5.41, 5.74) is 0. The Morgan fingerprint density at radius 1 is 1.35 bits per heavy atom. The Labute approximate surface area is 110 Å². The average Bonchev–Trinajstić information content (AvgIpc) is 2.35. The third-order valence-corrected chi connectivity index (χ3v) is 3.15. The first-order valence-corrected chi connectivity index (χ1v) is 7.08. The van der Waals surface area contributed by atoms with Crippen molar-refractivity contribution in [1.29, 1.82) is 0 Å². The second-order valence-corrected chi connectivity index (χ2v) is 4.63.